The van der Waals surface area contributed by atoms with Crippen LogP contribution in [0.2, 0.25) is 0 Å². The van der Waals surface area contributed by atoms with Gasteiger partial charge in [0.15, 0.2) is 0 Å². The monoisotopic (exact) mass is 284 g/mol. The lowest BCUT2D eigenvalue weighted by Gasteiger charge is -2.13. The highest BCUT2D eigenvalue weighted by molar-refractivity contribution is 5.94. The molecule has 0 saturated heterocycles. The van der Waals surface area contributed by atoms with Crippen molar-refractivity contribution in [2.24, 2.45) is 0 Å². The van der Waals surface area contributed by atoms with Gasteiger partial charge >= 0.3 is 0 Å². The second kappa shape index (κ2) is 6.88. The molecule has 21 heavy (non-hydrogen) atoms. The summed E-state index contributed by atoms with van der Waals surface area (Å²) in [5.74, 6) is 1.000. The number of amides is 1. The predicted octanol–water partition coefficient (Wildman–Crippen LogP) is 3.14. The van der Waals surface area contributed by atoms with E-state index in [1.807, 2.05) is 30.3 Å². The fourth-order valence-electron chi connectivity index (χ4n) is 2.10. The first-order valence-electron chi connectivity index (χ1n) is 6.98. The van der Waals surface area contributed by atoms with Crippen LogP contribution in [0.5, 0.6) is 5.75 Å². The van der Waals surface area contributed by atoms with Crippen LogP contribution in [0.25, 0.3) is 0 Å². The van der Waals surface area contributed by atoms with Gasteiger partial charge in [-0.3, -0.25) is 9.78 Å². The van der Waals surface area contributed by atoms with Crippen LogP contribution < -0.4 is 10.1 Å². The van der Waals surface area contributed by atoms with Crippen LogP contribution in [0, 0.1) is 0 Å². The molecule has 0 aliphatic heterocycles. The minimum atomic E-state index is -0.106. The van der Waals surface area contributed by atoms with Gasteiger partial charge < -0.3 is 10.1 Å². The van der Waals surface area contributed by atoms with Crippen molar-refractivity contribution in [1.82, 2.24) is 10.3 Å². The number of carbonyl (C=O) groups excluding carboxylic acids is 1. The van der Waals surface area contributed by atoms with Crippen LogP contribution in [-0.2, 0) is 6.54 Å². The highest BCUT2D eigenvalue weighted by atomic mass is 16.5. The highest BCUT2D eigenvalue weighted by Gasteiger charge is 2.12. The van der Waals surface area contributed by atoms with E-state index in [-0.39, 0.29) is 5.91 Å². The van der Waals surface area contributed by atoms with Crippen molar-refractivity contribution in [3.05, 3.63) is 59.4 Å². The molecule has 0 aliphatic rings. The van der Waals surface area contributed by atoms with Gasteiger partial charge in [-0.1, -0.05) is 19.9 Å². The maximum atomic E-state index is 12.2. The van der Waals surface area contributed by atoms with Crippen molar-refractivity contribution < 1.29 is 9.53 Å². The van der Waals surface area contributed by atoms with Crippen molar-refractivity contribution in [2.45, 2.75) is 26.3 Å². The van der Waals surface area contributed by atoms with E-state index in [9.17, 15) is 4.79 Å². The van der Waals surface area contributed by atoms with Crippen LogP contribution in [0.4, 0.5) is 0 Å². The normalized spacial score (nSPS) is 10.5. The van der Waals surface area contributed by atoms with Crippen LogP contribution in [0.15, 0.2) is 42.6 Å². The molecule has 1 aromatic heterocycles. The lowest BCUT2D eigenvalue weighted by Crippen LogP contribution is -2.23. The summed E-state index contributed by atoms with van der Waals surface area (Å²) in [5, 5.41) is 2.88. The molecule has 0 radical (unpaired) electrons. The summed E-state index contributed by atoms with van der Waals surface area (Å²) in [4.78, 5) is 16.4. The number of benzene rings is 1. The van der Waals surface area contributed by atoms with Gasteiger partial charge in [0.1, 0.15) is 5.75 Å². The van der Waals surface area contributed by atoms with E-state index in [2.05, 4.69) is 24.1 Å². The molecular formula is C17H20N2O2. The molecular weight excluding hydrogens is 264 g/mol. The minimum absolute atomic E-state index is 0.106. The van der Waals surface area contributed by atoms with E-state index in [0.29, 0.717) is 18.0 Å². The molecule has 2 aromatic rings. The molecule has 1 aromatic carbocycles. The smallest absolute Gasteiger partial charge is 0.251 e. The molecule has 4 heteroatoms. The fourth-order valence-corrected chi connectivity index (χ4v) is 2.10. The van der Waals surface area contributed by atoms with Gasteiger partial charge in [0, 0.05) is 11.8 Å². The largest absolute Gasteiger partial charge is 0.496 e. The summed E-state index contributed by atoms with van der Waals surface area (Å²) in [6.45, 7) is 4.57. The van der Waals surface area contributed by atoms with Gasteiger partial charge in [-0.25, -0.2) is 0 Å². The zero-order chi connectivity index (χ0) is 15.2. The van der Waals surface area contributed by atoms with Gasteiger partial charge in [0.05, 0.1) is 19.3 Å². The van der Waals surface area contributed by atoms with Crippen molar-refractivity contribution in [3.8, 4) is 5.75 Å². The lowest BCUT2D eigenvalue weighted by atomic mass is 9.99. The Bertz CT molecular complexity index is 609. The molecule has 0 saturated carbocycles. The Hall–Kier alpha value is -2.36. The Morgan fingerprint density at radius 1 is 1.29 bits per heavy atom. The molecule has 1 N–H and O–H groups in total. The van der Waals surface area contributed by atoms with E-state index in [1.165, 1.54) is 0 Å². The van der Waals surface area contributed by atoms with Gasteiger partial charge in [0.25, 0.3) is 5.91 Å². The summed E-state index contributed by atoms with van der Waals surface area (Å²) < 4.78 is 5.33. The van der Waals surface area contributed by atoms with Crippen molar-refractivity contribution in [2.75, 3.05) is 7.11 Å². The molecule has 1 amide bonds. The van der Waals surface area contributed by atoms with E-state index in [1.54, 1.807) is 19.4 Å². The van der Waals surface area contributed by atoms with Crippen molar-refractivity contribution in [3.63, 3.8) is 0 Å². The third-order valence-corrected chi connectivity index (χ3v) is 3.27. The molecule has 2 rings (SSSR count). The van der Waals surface area contributed by atoms with E-state index >= 15 is 0 Å². The summed E-state index contributed by atoms with van der Waals surface area (Å²) in [7, 11) is 1.64. The number of hydrogen-bond acceptors (Lipinski definition) is 3. The third-order valence-electron chi connectivity index (χ3n) is 3.27. The van der Waals surface area contributed by atoms with E-state index in [4.69, 9.17) is 4.74 Å². The molecule has 0 fully saturated rings. The maximum Gasteiger partial charge on any atom is 0.251 e. The number of nitrogens with one attached hydrogen (secondary N) is 1. The number of rotatable bonds is 5. The topological polar surface area (TPSA) is 51.2 Å². The van der Waals surface area contributed by atoms with Gasteiger partial charge in [-0.15, -0.1) is 0 Å². The van der Waals surface area contributed by atoms with E-state index < -0.39 is 0 Å². The molecule has 0 aliphatic carbocycles. The second-order valence-corrected chi connectivity index (χ2v) is 5.12. The maximum absolute atomic E-state index is 12.2. The third kappa shape index (κ3) is 3.81. The number of pyridine rings is 1. The van der Waals surface area contributed by atoms with Crippen LogP contribution in [0.1, 0.15) is 41.4 Å². The van der Waals surface area contributed by atoms with Gasteiger partial charge in [-0.2, -0.15) is 0 Å². The first-order valence-corrected chi connectivity index (χ1v) is 6.98. The fraction of sp³-hybridized carbons (Fsp3) is 0.294. The van der Waals surface area contributed by atoms with Gasteiger partial charge in [-0.05, 0) is 41.8 Å². The quantitative estimate of drug-likeness (QED) is 0.917. The van der Waals surface area contributed by atoms with Crippen molar-refractivity contribution >= 4 is 5.91 Å². The zero-order valence-electron chi connectivity index (χ0n) is 12.6. The number of nitrogens with zero attached hydrogens (tertiary/aromatic N) is 1. The number of hydrogen-bond donors (Lipinski definition) is 1. The average Bonchev–Trinajstić information content (AvgIpc) is 2.52. The SMILES string of the molecule is COc1ccc(C(=O)NCc2ccccn2)cc1C(C)C. The number of aromatic nitrogens is 1. The van der Waals surface area contributed by atoms with Crippen molar-refractivity contribution in [1.29, 1.82) is 0 Å². The van der Waals surface area contributed by atoms with E-state index in [0.717, 1.165) is 17.0 Å². The van der Waals surface area contributed by atoms with Crippen LogP contribution in [0.3, 0.4) is 0 Å². The summed E-state index contributed by atoms with van der Waals surface area (Å²) in [6, 6.07) is 11.1. The summed E-state index contributed by atoms with van der Waals surface area (Å²) in [6.07, 6.45) is 1.71. The number of carbonyl (C=O) groups is 1. The molecule has 0 atom stereocenters. The molecule has 0 spiro atoms. The first-order chi connectivity index (χ1) is 10.1. The Kier molecular flexibility index (Phi) is 4.93. The zero-order valence-corrected chi connectivity index (χ0v) is 12.6. The molecule has 0 unspecified atom stereocenters. The predicted molar refractivity (Wildman–Crippen MR) is 82.5 cm³/mol. The minimum Gasteiger partial charge on any atom is -0.496 e. The molecule has 1 heterocycles. The second-order valence-electron chi connectivity index (χ2n) is 5.12. The lowest BCUT2D eigenvalue weighted by molar-refractivity contribution is 0.0950. The summed E-state index contributed by atoms with van der Waals surface area (Å²) >= 11 is 0. The Labute approximate surface area is 125 Å². The summed E-state index contributed by atoms with van der Waals surface area (Å²) in [5.41, 5.74) is 2.50. The Morgan fingerprint density at radius 2 is 2.10 bits per heavy atom. The Balaban J connectivity index is 2.10. The van der Waals surface area contributed by atoms with Crippen LogP contribution >= 0.6 is 0 Å². The van der Waals surface area contributed by atoms with Crippen LogP contribution in [-0.4, -0.2) is 18.0 Å². The van der Waals surface area contributed by atoms with Gasteiger partial charge in [0.2, 0.25) is 0 Å². The molecule has 4 nitrogen and oxygen atoms in total. The number of methoxy groups -OCH3 is 1. The first kappa shape index (κ1) is 15.0. The Morgan fingerprint density at radius 3 is 2.71 bits per heavy atom. The molecule has 0 bridgehead atoms. The standard InChI is InChI=1S/C17H20N2O2/c1-12(2)15-10-13(7-8-16(15)21-3)17(20)19-11-14-6-4-5-9-18-14/h4-10,12H,11H2,1-3H3,(H,19,20). The number of ether oxygens (including phenoxy) is 1. The average molecular weight is 284 g/mol. The highest BCUT2D eigenvalue weighted by Crippen LogP contribution is 2.27. The molecule has 110 valence electrons.